The van der Waals surface area contributed by atoms with Crippen LogP contribution in [0.1, 0.15) is 41.4 Å². The van der Waals surface area contributed by atoms with Gasteiger partial charge in [0.05, 0.1) is 10.7 Å². The second-order valence-corrected chi connectivity index (χ2v) is 6.71. The molecule has 6 nitrogen and oxygen atoms in total. The molecule has 2 aliphatic rings. The smallest absolute Gasteiger partial charge is 0.270 e. The van der Waals surface area contributed by atoms with E-state index in [4.69, 9.17) is 11.6 Å². The van der Waals surface area contributed by atoms with Crippen LogP contribution in [0.5, 0.6) is 0 Å². The van der Waals surface area contributed by atoms with Crippen LogP contribution in [0, 0.1) is 5.92 Å². The summed E-state index contributed by atoms with van der Waals surface area (Å²) in [5.41, 5.74) is 1.70. The van der Waals surface area contributed by atoms with E-state index in [0.717, 1.165) is 31.7 Å². The first-order valence-electron chi connectivity index (χ1n) is 7.72. The molecule has 1 N–H and O–H groups in total. The van der Waals surface area contributed by atoms with Crippen molar-refractivity contribution >= 4 is 17.5 Å². The van der Waals surface area contributed by atoms with E-state index in [-0.39, 0.29) is 5.91 Å². The largest absolute Gasteiger partial charge is 0.356 e. The molecule has 0 unspecified atom stereocenters. The molecule has 1 aliphatic carbocycles. The highest BCUT2D eigenvalue weighted by atomic mass is 35.5. The van der Waals surface area contributed by atoms with Gasteiger partial charge in [-0.25, -0.2) is 0 Å². The maximum atomic E-state index is 12.2. The molecule has 0 bridgehead atoms. The minimum atomic E-state index is 0.0277. The summed E-state index contributed by atoms with van der Waals surface area (Å²) in [6.07, 6.45) is 7.24. The summed E-state index contributed by atoms with van der Waals surface area (Å²) in [5, 5.41) is 8.96. The average Bonchev–Trinajstić information content (AvgIpc) is 3.04. The van der Waals surface area contributed by atoms with Crippen LogP contribution >= 0.6 is 11.6 Å². The fraction of sp³-hybridized carbons (Fsp3) is 0.533. The number of hydrogen-bond acceptors (Lipinski definition) is 3. The van der Waals surface area contributed by atoms with Gasteiger partial charge in [0.2, 0.25) is 0 Å². The zero-order chi connectivity index (χ0) is 15.1. The van der Waals surface area contributed by atoms with Crippen molar-refractivity contribution in [1.82, 2.24) is 24.9 Å². The third kappa shape index (κ3) is 2.75. The number of halogens is 1. The number of aromatic nitrogens is 4. The van der Waals surface area contributed by atoms with Gasteiger partial charge in [0.15, 0.2) is 0 Å². The lowest BCUT2D eigenvalue weighted by atomic mass is 9.96. The van der Waals surface area contributed by atoms with Crippen molar-refractivity contribution < 1.29 is 4.79 Å². The van der Waals surface area contributed by atoms with Gasteiger partial charge in [-0.15, -0.1) is 5.10 Å². The molecule has 1 aliphatic heterocycles. The van der Waals surface area contributed by atoms with Crippen LogP contribution in [-0.2, 0) is 6.54 Å². The van der Waals surface area contributed by atoms with Gasteiger partial charge >= 0.3 is 0 Å². The average molecular weight is 320 g/mol. The number of likely N-dealkylation sites (tertiary alicyclic amines) is 1. The van der Waals surface area contributed by atoms with Gasteiger partial charge in [0, 0.05) is 37.9 Å². The first-order valence-corrected chi connectivity index (χ1v) is 8.10. The van der Waals surface area contributed by atoms with Gasteiger partial charge < -0.3 is 9.88 Å². The molecular formula is C15H18ClN5O. The molecule has 0 radical (unpaired) electrons. The number of rotatable bonds is 5. The molecule has 0 spiro atoms. The summed E-state index contributed by atoms with van der Waals surface area (Å²) in [7, 11) is 0. The van der Waals surface area contributed by atoms with Gasteiger partial charge in [0.25, 0.3) is 5.91 Å². The number of carbonyl (C=O) groups excluding carboxylic acids is 1. The zero-order valence-corrected chi connectivity index (χ0v) is 13.0. The van der Waals surface area contributed by atoms with Crippen LogP contribution in [0.3, 0.4) is 0 Å². The predicted octanol–water partition coefficient (Wildman–Crippen LogP) is 2.30. The standard InChI is InChI=1S/C15H18ClN5O/c16-12-5-13(17-6-12)15(22)20-7-10(8-20)3-4-21-9-14(18-19-21)11-1-2-11/h5-6,9-11,17H,1-4,7-8H2. The SMILES string of the molecule is O=C(c1cc(Cl)c[nH]1)N1CC(CCn2cc(C3CC3)nn2)C1. The van der Waals surface area contributed by atoms with Crippen molar-refractivity contribution in [2.24, 2.45) is 5.92 Å². The zero-order valence-electron chi connectivity index (χ0n) is 12.2. The highest BCUT2D eigenvalue weighted by Gasteiger charge is 2.32. The Balaban J connectivity index is 1.24. The maximum absolute atomic E-state index is 12.2. The Morgan fingerprint density at radius 2 is 2.23 bits per heavy atom. The van der Waals surface area contributed by atoms with Crippen molar-refractivity contribution in [3.63, 3.8) is 0 Å². The van der Waals surface area contributed by atoms with Crippen LogP contribution in [0.2, 0.25) is 5.02 Å². The first kappa shape index (κ1) is 13.8. The fourth-order valence-corrected chi connectivity index (χ4v) is 3.05. The van der Waals surface area contributed by atoms with Crippen LogP contribution in [-0.4, -0.2) is 43.9 Å². The van der Waals surface area contributed by atoms with Gasteiger partial charge in [-0.05, 0) is 31.2 Å². The molecule has 1 saturated carbocycles. The number of nitrogens with zero attached hydrogens (tertiary/aromatic N) is 4. The molecule has 1 amide bonds. The second-order valence-electron chi connectivity index (χ2n) is 6.28. The van der Waals surface area contributed by atoms with Gasteiger partial charge in [-0.3, -0.25) is 9.48 Å². The van der Waals surface area contributed by atoms with Crippen LogP contribution < -0.4 is 0 Å². The molecule has 1 saturated heterocycles. The van der Waals surface area contributed by atoms with Crippen LogP contribution in [0.25, 0.3) is 0 Å². The molecule has 2 fully saturated rings. The molecule has 3 heterocycles. The van der Waals surface area contributed by atoms with Crippen molar-refractivity contribution in [2.75, 3.05) is 13.1 Å². The molecular weight excluding hydrogens is 302 g/mol. The minimum absolute atomic E-state index is 0.0277. The number of amides is 1. The quantitative estimate of drug-likeness (QED) is 0.919. The van der Waals surface area contributed by atoms with E-state index in [9.17, 15) is 4.79 Å². The molecule has 7 heteroatoms. The lowest BCUT2D eigenvalue weighted by Crippen LogP contribution is -2.50. The Morgan fingerprint density at radius 3 is 2.91 bits per heavy atom. The predicted molar refractivity (Wildman–Crippen MR) is 81.8 cm³/mol. The van der Waals surface area contributed by atoms with E-state index in [1.54, 1.807) is 12.3 Å². The molecule has 116 valence electrons. The molecule has 22 heavy (non-hydrogen) atoms. The Morgan fingerprint density at radius 1 is 1.41 bits per heavy atom. The maximum Gasteiger partial charge on any atom is 0.270 e. The summed E-state index contributed by atoms with van der Waals surface area (Å²) in [4.78, 5) is 16.9. The van der Waals surface area contributed by atoms with E-state index in [0.29, 0.717) is 22.6 Å². The van der Waals surface area contributed by atoms with E-state index < -0.39 is 0 Å². The summed E-state index contributed by atoms with van der Waals surface area (Å²) < 4.78 is 1.93. The number of H-pyrrole nitrogens is 1. The van der Waals surface area contributed by atoms with Crippen molar-refractivity contribution in [3.05, 3.63) is 34.9 Å². The lowest BCUT2D eigenvalue weighted by molar-refractivity contribution is 0.0470. The third-order valence-electron chi connectivity index (χ3n) is 4.44. The Kier molecular flexibility index (Phi) is 3.41. The van der Waals surface area contributed by atoms with Gasteiger partial charge in [0.1, 0.15) is 5.69 Å². The summed E-state index contributed by atoms with van der Waals surface area (Å²) >= 11 is 5.83. The minimum Gasteiger partial charge on any atom is -0.356 e. The van der Waals surface area contributed by atoms with Gasteiger partial charge in [-0.1, -0.05) is 16.8 Å². The lowest BCUT2D eigenvalue weighted by Gasteiger charge is -2.39. The van der Waals surface area contributed by atoms with Crippen molar-refractivity contribution in [1.29, 1.82) is 0 Å². The Bertz CT molecular complexity index is 684. The first-order chi connectivity index (χ1) is 10.7. The summed E-state index contributed by atoms with van der Waals surface area (Å²) in [6, 6.07) is 1.67. The Hall–Kier alpha value is -1.82. The summed E-state index contributed by atoms with van der Waals surface area (Å²) in [6.45, 7) is 2.49. The summed E-state index contributed by atoms with van der Waals surface area (Å²) in [5.74, 6) is 1.22. The van der Waals surface area contributed by atoms with Crippen LogP contribution in [0.15, 0.2) is 18.5 Å². The topological polar surface area (TPSA) is 66.8 Å². The molecule has 4 rings (SSSR count). The Labute approximate surface area is 133 Å². The number of aromatic amines is 1. The van der Waals surface area contributed by atoms with E-state index in [1.807, 2.05) is 9.58 Å². The van der Waals surface area contributed by atoms with Gasteiger partial charge in [-0.2, -0.15) is 0 Å². The highest BCUT2D eigenvalue weighted by Crippen LogP contribution is 2.38. The molecule has 2 aromatic heterocycles. The number of aryl methyl sites for hydroxylation is 1. The second kappa shape index (κ2) is 5.43. The van der Waals surface area contributed by atoms with Crippen molar-refractivity contribution in [2.45, 2.75) is 31.7 Å². The third-order valence-corrected chi connectivity index (χ3v) is 4.66. The molecule has 0 aromatic carbocycles. The van der Waals surface area contributed by atoms with E-state index in [1.165, 1.54) is 12.8 Å². The monoisotopic (exact) mass is 319 g/mol. The number of hydrogen-bond donors (Lipinski definition) is 1. The van der Waals surface area contributed by atoms with Crippen LogP contribution in [0.4, 0.5) is 0 Å². The highest BCUT2D eigenvalue weighted by molar-refractivity contribution is 6.30. The molecule has 2 aromatic rings. The van der Waals surface area contributed by atoms with Crippen molar-refractivity contribution in [3.8, 4) is 0 Å². The number of carbonyl (C=O) groups is 1. The van der Waals surface area contributed by atoms with E-state index >= 15 is 0 Å². The number of nitrogens with one attached hydrogen (secondary N) is 1. The van der Waals surface area contributed by atoms with E-state index in [2.05, 4.69) is 21.5 Å². The molecule has 0 atom stereocenters. The normalized spacial score (nSPS) is 18.5. The fourth-order valence-electron chi connectivity index (χ4n) is 2.88.